The number of aliphatic hydroxyl groups is 1. The Morgan fingerprint density at radius 2 is 0.541 bits per heavy atom. The number of ether oxygens (including phenoxy) is 4. The number of unbranched alkanes of at least 4 members (excludes halogenated alkanes) is 27. The van der Waals surface area contributed by atoms with Gasteiger partial charge < -0.3 is 33.8 Å². The molecule has 0 rings (SSSR count). The van der Waals surface area contributed by atoms with Crippen LogP contribution in [0.15, 0.2) is 109 Å². The quantitative estimate of drug-likeness (QED) is 0.0169. The van der Waals surface area contributed by atoms with E-state index in [1.165, 1.54) is 70.6 Å². The van der Waals surface area contributed by atoms with Crippen molar-refractivity contribution in [1.29, 1.82) is 0 Å². The largest absolute Gasteiger partial charge is 0.472 e. The maximum absolute atomic E-state index is 13.1. The monoisotopic (exact) mass is 1420 g/mol. The Balaban J connectivity index is 5.36. The molecule has 98 heavy (non-hydrogen) atoms. The molecule has 0 heterocycles. The summed E-state index contributed by atoms with van der Waals surface area (Å²) in [5.74, 6) is -2.23. The zero-order valence-corrected chi connectivity index (χ0v) is 63.2. The number of esters is 4. The highest BCUT2D eigenvalue weighted by Crippen LogP contribution is 2.45. The van der Waals surface area contributed by atoms with E-state index in [1.807, 2.05) is 0 Å². The topological polar surface area (TPSA) is 237 Å². The molecule has 5 atom stereocenters. The lowest BCUT2D eigenvalue weighted by Gasteiger charge is -2.21. The minimum absolute atomic E-state index is 0.0663. The molecule has 0 spiro atoms. The fourth-order valence-electron chi connectivity index (χ4n) is 9.95. The maximum Gasteiger partial charge on any atom is 0.472 e. The van der Waals surface area contributed by atoms with Gasteiger partial charge >= 0.3 is 39.5 Å². The summed E-state index contributed by atoms with van der Waals surface area (Å²) in [4.78, 5) is 72.8. The highest BCUT2D eigenvalue weighted by atomic mass is 31.2. The highest BCUT2D eigenvalue weighted by Gasteiger charge is 2.30. The molecule has 0 bridgehead atoms. The third kappa shape index (κ3) is 70.2. The van der Waals surface area contributed by atoms with Crippen molar-refractivity contribution in [3.63, 3.8) is 0 Å². The third-order valence-corrected chi connectivity index (χ3v) is 17.6. The smallest absolute Gasteiger partial charge is 0.462 e. The number of phosphoric ester groups is 2. The summed E-state index contributed by atoms with van der Waals surface area (Å²) >= 11 is 0. The average molecular weight is 1420 g/mol. The van der Waals surface area contributed by atoms with Gasteiger partial charge in [0.15, 0.2) is 12.2 Å². The lowest BCUT2D eigenvalue weighted by atomic mass is 10.0. The van der Waals surface area contributed by atoms with Crippen LogP contribution in [0.3, 0.4) is 0 Å². The van der Waals surface area contributed by atoms with Crippen molar-refractivity contribution < 1.29 is 80.2 Å². The van der Waals surface area contributed by atoms with Crippen LogP contribution >= 0.6 is 15.6 Å². The van der Waals surface area contributed by atoms with Crippen LogP contribution in [0.5, 0.6) is 0 Å². The molecular weight excluding hydrogens is 1280 g/mol. The van der Waals surface area contributed by atoms with E-state index in [4.69, 9.17) is 37.0 Å². The predicted octanol–water partition coefficient (Wildman–Crippen LogP) is 21.8. The number of carbonyl (C=O) groups excluding carboxylic acids is 4. The van der Waals surface area contributed by atoms with E-state index >= 15 is 0 Å². The van der Waals surface area contributed by atoms with Gasteiger partial charge in [-0.25, -0.2) is 9.13 Å². The molecule has 0 aromatic rings. The molecule has 0 aliphatic carbocycles. The molecule has 5 unspecified atom stereocenters. The van der Waals surface area contributed by atoms with Crippen molar-refractivity contribution in [3.05, 3.63) is 109 Å². The maximum atomic E-state index is 13.1. The van der Waals surface area contributed by atoms with E-state index in [0.29, 0.717) is 25.7 Å². The van der Waals surface area contributed by atoms with Gasteiger partial charge in [-0.3, -0.25) is 37.3 Å². The van der Waals surface area contributed by atoms with E-state index in [1.54, 1.807) is 0 Å². The normalized spacial score (nSPS) is 14.6. The molecule has 0 radical (unpaired) electrons. The molecule has 19 heteroatoms. The van der Waals surface area contributed by atoms with Gasteiger partial charge in [-0.1, -0.05) is 272 Å². The first kappa shape index (κ1) is 93.7. The zero-order valence-electron chi connectivity index (χ0n) is 61.4. The second-order valence-corrected chi connectivity index (χ2v) is 28.1. The molecule has 3 N–H and O–H groups in total. The Labute approximate surface area is 594 Å². The first-order chi connectivity index (χ1) is 47.7. The van der Waals surface area contributed by atoms with Crippen LogP contribution in [0.2, 0.25) is 0 Å². The first-order valence-corrected chi connectivity index (χ1v) is 41.1. The molecule has 0 aromatic heterocycles. The van der Waals surface area contributed by atoms with Crippen LogP contribution in [0.1, 0.15) is 310 Å². The van der Waals surface area contributed by atoms with Crippen LogP contribution in [-0.4, -0.2) is 96.7 Å². The van der Waals surface area contributed by atoms with Gasteiger partial charge in [-0.2, -0.15) is 0 Å². The zero-order chi connectivity index (χ0) is 71.8. The number of hydrogen-bond donors (Lipinski definition) is 3. The number of rotatable bonds is 71. The molecule has 17 nitrogen and oxygen atoms in total. The summed E-state index contributed by atoms with van der Waals surface area (Å²) < 4.78 is 68.4. The summed E-state index contributed by atoms with van der Waals surface area (Å²) in [6.07, 6.45) is 75.1. The van der Waals surface area contributed by atoms with Crippen molar-refractivity contribution in [2.45, 2.75) is 329 Å². The second-order valence-electron chi connectivity index (χ2n) is 25.2. The highest BCUT2D eigenvalue weighted by molar-refractivity contribution is 7.47. The molecule has 0 fully saturated rings. The van der Waals surface area contributed by atoms with E-state index < -0.39 is 97.5 Å². The molecular formula is C79H136O17P2. The van der Waals surface area contributed by atoms with Gasteiger partial charge in [0.05, 0.1) is 26.4 Å². The molecule has 0 aromatic carbocycles. The van der Waals surface area contributed by atoms with Crippen LogP contribution in [0, 0.1) is 0 Å². The van der Waals surface area contributed by atoms with Gasteiger partial charge in [-0.15, -0.1) is 0 Å². The summed E-state index contributed by atoms with van der Waals surface area (Å²) in [5, 5.41) is 10.6. The number of carbonyl (C=O) groups is 4. The Morgan fingerprint density at radius 3 is 0.867 bits per heavy atom. The number of hydrogen-bond acceptors (Lipinski definition) is 15. The van der Waals surface area contributed by atoms with Crippen LogP contribution in [0.4, 0.5) is 0 Å². The van der Waals surface area contributed by atoms with Crippen molar-refractivity contribution in [1.82, 2.24) is 0 Å². The predicted molar refractivity (Wildman–Crippen MR) is 399 cm³/mol. The average Bonchev–Trinajstić information content (AvgIpc) is 0.992. The van der Waals surface area contributed by atoms with Crippen molar-refractivity contribution in [2.24, 2.45) is 0 Å². The van der Waals surface area contributed by atoms with E-state index in [0.717, 1.165) is 161 Å². The van der Waals surface area contributed by atoms with Gasteiger partial charge in [0.2, 0.25) is 0 Å². The number of aliphatic hydroxyl groups excluding tert-OH is 1. The van der Waals surface area contributed by atoms with Crippen molar-refractivity contribution in [3.8, 4) is 0 Å². The van der Waals surface area contributed by atoms with Gasteiger partial charge in [0.1, 0.15) is 19.3 Å². The molecule has 0 saturated heterocycles. The molecule has 0 aliphatic rings. The fraction of sp³-hybridized carbons (Fsp3) is 0.722. The lowest BCUT2D eigenvalue weighted by molar-refractivity contribution is -0.161. The van der Waals surface area contributed by atoms with Gasteiger partial charge in [-0.05, 0) is 122 Å². The number of allylic oxidation sites excluding steroid dienone is 18. The van der Waals surface area contributed by atoms with Gasteiger partial charge in [0, 0.05) is 25.7 Å². The molecule has 0 aliphatic heterocycles. The van der Waals surface area contributed by atoms with E-state index in [9.17, 15) is 43.2 Å². The molecule has 0 amide bonds. The van der Waals surface area contributed by atoms with Crippen LogP contribution < -0.4 is 0 Å². The fourth-order valence-corrected chi connectivity index (χ4v) is 11.5. The van der Waals surface area contributed by atoms with Crippen LogP contribution in [0.25, 0.3) is 0 Å². The SMILES string of the molecule is CC/C=C\C/C=C\C/C=C\C/C=C\C/C=C\CCCCCC(=O)OCC(COP(=O)(O)OCC(O)COP(=O)(O)OCC(COC(=O)CCCCCCCCCCCCCCC)OC(=O)CCCCCCC/C=C\CCCC)OC(=O)CCCCCCC/C=C\C/C=C\C/C=C\CC. The lowest BCUT2D eigenvalue weighted by Crippen LogP contribution is -2.30. The van der Waals surface area contributed by atoms with Crippen LogP contribution in [-0.2, 0) is 65.4 Å². The summed E-state index contributed by atoms with van der Waals surface area (Å²) in [6.45, 7) is 4.55. The third-order valence-electron chi connectivity index (χ3n) is 15.7. The summed E-state index contributed by atoms with van der Waals surface area (Å²) in [6, 6.07) is 0. The first-order valence-electron chi connectivity index (χ1n) is 38.1. The second kappa shape index (κ2) is 71.1. The Hall–Kier alpha value is -4.28. The minimum atomic E-state index is -4.99. The molecule has 564 valence electrons. The summed E-state index contributed by atoms with van der Waals surface area (Å²) in [5.41, 5.74) is 0. The van der Waals surface area contributed by atoms with Crippen molar-refractivity contribution >= 4 is 39.5 Å². The van der Waals surface area contributed by atoms with Gasteiger partial charge in [0.25, 0.3) is 0 Å². The number of phosphoric acid groups is 2. The standard InChI is InChI=1S/C79H136O17P2/c1-5-9-13-17-21-25-29-32-34-35-36-37-39-41-45-48-52-56-60-64-77(82)90-70-75(96-79(84)66-62-58-54-50-46-42-38-33-30-26-22-18-14-10-6-2)72-94-98(87,88)92-68-73(80)67-91-97(85,86)93-71-74(95-78(83)65-61-57-53-49-43-28-24-20-16-12-8-4)69-89-76(81)63-59-55-51-47-44-40-31-27-23-19-15-11-7-3/h9-10,13-14,20-22,24-26,32-34,36-38,41,45,73-75,80H,5-8,11-12,15-19,23,27-31,35,39-40,42-44,46-72H2,1-4H3,(H,85,86)(H,87,88)/b13-9-,14-10-,24-20-,25-21-,26-22-,34-32-,37-36-,38-33-,45-41-. The Bertz CT molecular complexity index is 2290. The minimum Gasteiger partial charge on any atom is -0.462 e. The van der Waals surface area contributed by atoms with E-state index in [2.05, 4.69) is 137 Å². The Morgan fingerprint density at radius 1 is 0.296 bits per heavy atom. The van der Waals surface area contributed by atoms with Crippen molar-refractivity contribution in [2.75, 3.05) is 39.6 Å². The Kier molecular flexibility index (Phi) is 68.0. The molecule has 0 saturated carbocycles. The summed E-state index contributed by atoms with van der Waals surface area (Å²) in [7, 11) is -9.96. The van der Waals surface area contributed by atoms with E-state index in [-0.39, 0.29) is 25.7 Å².